The quantitative estimate of drug-likeness (QED) is 0.177. The first kappa shape index (κ1) is 28.8. The molecule has 230 valence electrons. The van der Waals surface area contributed by atoms with E-state index in [0.717, 1.165) is 66.5 Å². The largest absolute Gasteiger partial charge is 0.320 e. The van der Waals surface area contributed by atoms with Crippen molar-refractivity contribution in [2.75, 3.05) is 0 Å². The third kappa shape index (κ3) is 4.31. The van der Waals surface area contributed by atoms with Crippen LogP contribution in [0.15, 0.2) is 152 Å². The average molecular weight is 636 g/mol. The summed E-state index contributed by atoms with van der Waals surface area (Å²) < 4.78 is 4.40. The van der Waals surface area contributed by atoms with Crippen molar-refractivity contribution in [1.29, 1.82) is 5.26 Å². The van der Waals surface area contributed by atoms with Crippen LogP contribution < -0.4 is 0 Å². The molecule has 9 aromatic rings. The Morgan fingerprint density at radius 2 is 1.12 bits per heavy atom. The zero-order chi connectivity index (χ0) is 33.8. The molecule has 0 spiro atoms. The molecule has 9 rings (SSSR count). The second-order valence-corrected chi connectivity index (χ2v) is 12.2. The van der Waals surface area contributed by atoms with Gasteiger partial charge in [-0.2, -0.15) is 5.26 Å². The van der Waals surface area contributed by atoms with Gasteiger partial charge in [-0.25, -0.2) is 9.69 Å². The Labute approximate surface area is 288 Å². The minimum Gasteiger partial charge on any atom is -0.320 e. The zero-order valence-corrected chi connectivity index (χ0v) is 26.7. The predicted octanol–water partition coefficient (Wildman–Crippen LogP) is 12.2. The van der Waals surface area contributed by atoms with Crippen LogP contribution in [-0.4, -0.2) is 9.13 Å². The minimum atomic E-state index is 0.496. The van der Waals surface area contributed by atoms with Gasteiger partial charge in [0.2, 0.25) is 5.69 Å². The summed E-state index contributed by atoms with van der Waals surface area (Å²) in [6.45, 7) is 16.0. The first-order valence-electron chi connectivity index (χ1n) is 16.2. The maximum absolute atomic E-state index is 9.72. The van der Waals surface area contributed by atoms with Crippen molar-refractivity contribution in [3.05, 3.63) is 180 Å². The molecule has 5 heteroatoms. The van der Waals surface area contributed by atoms with Crippen LogP contribution in [0.2, 0.25) is 0 Å². The lowest BCUT2D eigenvalue weighted by molar-refractivity contribution is 1.18. The van der Waals surface area contributed by atoms with Crippen molar-refractivity contribution in [3.8, 4) is 39.7 Å². The highest BCUT2D eigenvalue weighted by atomic mass is 15.0. The van der Waals surface area contributed by atoms with E-state index < -0.39 is 0 Å². The molecule has 5 nitrogen and oxygen atoms in total. The first-order valence-corrected chi connectivity index (χ1v) is 16.2. The van der Waals surface area contributed by atoms with Gasteiger partial charge in [0.25, 0.3) is 0 Å². The number of aromatic nitrogens is 2. The fraction of sp³-hybridized carbons (Fsp3) is 0. The summed E-state index contributed by atoms with van der Waals surface area (Å²) in [4.78, 5) is 7.73. The fourth-order valence-electron chi connectivity index (χ4n) is 7.42. The molecule has 0 bridgehead atoms. The zero-order valence-electron chi connectivity index (χ0n) is 26.7. The van der Waals surface area contributed by atoms with Crippen LogP contribution in [0.1, 0.15) is 5.56 Å². The maximum atomic E-state index is 9.72. The summed E-state index contributed by atoms with van der Waals surface area (Å²) in [5.41, 5.74) is 11.4. The van der Waals surface area contributed by atoms with Crippen LogP contribution in [0, 0.1) is 24.5 Å². The van der Waals surface area contributed by atoms with Gasteiger partial charge in [-0.3, -0.25) is 0 Å². The smallest absolute Gasteiger partial charge is 0.211 e. The Morgan fingerprint density at radius 3 is 1.82 bits per heavy atom. The SMILES string of the molecule is [C-]#[N+]c1ccc2c3cc(C#N)ccc3n(-c3c([N+]#[C-])cccc3-c3ccccc3-c3ccc(-n4c5ccccc5c5ccccc54)cc3)c2c1. The van der Waals surface area contributed by atoms with E-state index in [4.69, 9.17) is 13.1 Å². The fourth-order valence-corrected chi connectivity index (χ4v) is 7.42. The Bertz CT molecular complexity index is 2900. The summed E-state index contributed by atoms with van der Waals surface area (Å²) in [5.74, 6) is 0. The Kier molecular flexibility index (Phi) is 6.56. The topological polar surface area (TPSA) is 42.4 Å². The number of para-hydroxylation sites is 3. The van der Waals surface area contributed by atoms with Gasteiger partial charge in [0, 0.05) is 32.7 Å². The Morgan fingerprint density at radius 1 is 0.480 bits per heavy atom. The van der Waals surface area contributed by atoms with Crippen molar-refractivity contribution >= 4 is 55.0 Å². The molecular weight excluding hydrogens is 611 g/mol. The molecule has 0 fully saturated rings. The van der Waals surface area contributed by atoms with Gasteiger partial charge in [-0.15, -0.1) is 0 Å². The van der Waals surface area contributed by atoms with Gasteiger partial charge in [-0.1, -0.05) is 103 Å². The number of hydrogen-bond acceptors (Lipinski definition) is 1. The maximum Gasteiger partial charge on any atom is 0.211 e. The van der Waals surface area contributed by atoms with Crippen molar-refractivity contribution < 1.29 is 0 Å². The lowest BCUT2D eigenvalue weighted by Gasteiger charge is -2.19. The first-order chi connectivity index (χ1) is 24.7. The Hall–Kier alpha value is -7.39. The molecule has 0 unspecified atom stereocenters. The van der Waals surface area contributed by atoms with E-state index in [0.29, 0.717) is 16.9 Å². The summed E-state index contributed by atoms with van der Waals surface area (Å²) in [6.07, 6.45) is 0. The minimum absolute atomic E-state index is 0.496. The van der Waals surface area contributed by atoms with Crippen LogP contribution in [-0.2, 0) is 0 Å². The van der Waals surface area contributed by atoms with Crippen molar-refractivity contribution in [2.24, 2.45) is 0 Å². The average Bonchev–Trinajstić information content (AvgIpc) is 3.69. The molecule has 0 radical (unpaired) electrons. The Balaban J connectivity index is 1.26. The lowest BCUT2D eigenvalue weighted by atomic mass is 9.93. The molecule has 2 heterocycles. The van der Waals surface area contributed by atoms with E-state index >= 15 is 0 Å². The highest BCUT2D eigenvalue weighted by Gasteiger charge is 2.21. The highest BCUT2D eigenvalue weighted by molar-refractivity contribution is 6.12. The molecule has 2 aromatic heterocycles. The highest BCUT2D eigenvalue weighted by Crippen LogP contribution is 2.44. The number of nitriles is 1. The second kappa shape index (κ2) is 11.4. The van der Waals surface area contributed by atoms with E-state index in [9.17, 15) is 5.26 Å². The molecule has 7 aromatic carbocycles. The lowest BCUT2D eigenvalue weighted by Crippen LogP contribution is -1.99. The van der Waals surface area contributed by atoms with Gasteiger partial charge in [0.15, 0.2) is 5.69 Å². The van der Waals surface area contributed by atoms with Crippen molar-refractivity contribution in [1.82, 2.24) is 9.13 Å². The molecule has 0 N–H and O–H groups in total. The molecule has 0 aliphatic rings. The van der Waals surface area contributed by atoms with Crippen molar-refractivity contribution in [2.45, 2.75) is 0 Å². The number of nitrogens with zero attached hydrogens (tertiary/aromatic N) is 5. The van der Waals surface area contributed by atoms with Crippen LogP contribution in [0.3, 0.4) is 0 Å². The van der Waals surface area contributed by atoms with Gasteiger partial charge in [0.1, 0.15) is 0 Å². The molecule has 0 aliphatic heterocycles. The number of benzene rings is 7. The van der Waals surface area contributed by atoms with E-state index in [1.807, 2.05) is 48.5 Å². The van der Waals surface area contributed by atoms with Crippen LogP contribution in [0.25, 0.3) is 86.9 Å². The molecule has 0 amide bonds. The normalized spacial score (nSPS) is 11.1. The van der Waals surface area contributed by atoms with Gasteiger partial charge in [0.05, 0.1) is 47.0 Å². The number of fused-ring (bicyclic) bond motifs is 6. The summed E-state index contributed by atoms with van der Waals surface area (Å²) >= 11 is 0. The monoisotopic (exact) mass is 635 g/mol. The molecule has 0 atom stereocenters. The van der Waals surface area contributed by atoms with E-state index in [1.54, 1.807) is 12.1 Å². The standard InChI is InChI=1S/C45H25N5/c1-47-31-21-24-37-39-26-29(28-46)18-25-43(39)50(44(37)27-31)45-38(14-9-15-40(45)48-2)34-11-4-3-10-33(34)30-19-22-32(23-20-30)49-41-16-7-5-12-35(41)36-13-6-8-17-42(36)49/h3-27H. The number of hydrogen-bond donors (Lipinski definition) is 0. The summed E-state index contributed by atoms with van der Waals surface area (Å²) in [6, 6.07) is 53.4. The van der Waals surface area contributed by atoms with Gasteiger partial charge < -0.3 is 9.13 Å². The van der Waals surface area contributed by atoms with Crippen LogP contribution in [0.4, 0.5) is 11.4 Å². The predicted molar refractivity (Wildman–Crippen MR) is 203 cm³/mol. The third-order valence-corrected chi connectivity index (χ3v) is 9.60. The number of rotatable bonds is 4. The third-order valence-electron chi connectivity index (χ3n) is 9.60. The van der Waals surface area contributed by atoms with E-state index in [2.05, 4.69) is 116 Å². The molecule has 0 saturated carbocycles. The molecule has 0 saturated heterocycles. The summed E-state index contributed by atoms with van der Waals surface area (Å²) in [7, 11) is 0. The van der Waals surface area contributed by atoms with Gasteiger partial charge in [-0.05, 0) is 70.8 Å². The molecule has 0 aliphatic carbocycles. The van der Waals surface area contributed by atoms with Gasteiger partial charge >= 0.3 is 0 Å². The molecule has 50 heavy (non-hydrogen) atoms. The molecular formula is C45H25N5. The van der Waals surface area contributed by atoms with Crippen molar-refractivity contribution in [3.63, 3.8) is 0 Å². The second-order valence-electron chi connectivity index (χ2n) is 12.2. The van der Waals surface area contributed by atoms with E-state index in [1.165, 1.54) is 10.8 Å². The van der Waals surface area contributed by atoms with Crippen LogP contribution >= 0.6 is 0 Å². The van der Waals surface area contributed by atoms with E-state index in [-0.39, 0.29) is 0 Å². The summed E-state index contributed by atoms with van der Waals surface area (Å²) in [5, 5.41) is 14.0. The van der Waals surface area contributed by atoms with Crippen LogP contribution in [0.5, 0.6) is 0 Å².